The van der Waals surface area contributed by atoms with Crippen molar-refractivity contribution in [2.75, 3.05) is 6.54 Å². The monoisotopic (exact) mass is 374 g/mol. The summed E-state index contributed by atoms with van der Waals surface area (Å²) in [6.07, 6.45) is 0.302. The molecule has 21 heavy (non-hydrogen) atoms. The summed E-state index contributed by atoms with van der Waals surface area (Å²) in [6, 6.07) is 1.56. The number of nitrogens with one attached hydrogen (secondary N) is 1. The van der Waals surface area contributed by atoms with Gasteiger partial charge >= 0.3 is 0 Å². The summed E-state index contributed by atoms with van der Waals surface area (Å²) in [4.78, 5) is 0. The second-order valence-electron chi connectivity index (χ2n) is 5.59. The zero-order chi connectivity index (χ0) is 15.3. The van der Waals surface area contributed by atoms with Crippen molar-refractivity contribution < 1.29 is 16.8 Å². The Bertz CT molecular complexity index is 740. The number of halogens is 1. The molecule has 0 fully saturated rings. The molecule has 122 valence electrons. The lowest BCUT2D eigenvalue weighted by atomic mass is 10.0. The van der Waals surface area contributed by atoms with E-state index in [1.54, 1.807) is 6.92 Å². The summed E-state index contributed by atoms with van der Waals surface area (Å²) in [7, 11) is -7.40. The van der Waals surface area contributed by atoms with Crippen molar-refractivity contribution in [2.45, 2.75) is 46.4 Å². The van der Waals surface area contributed by atoms with Gasteiger partial charge in [0.15, 0.2) is 9.84 Å². The maximum Gasteiger partial charge on any atom is 0.247 e. The van der Waals surface area contributed by atoms with E-state index in [1.807, 2.05) is 13.8 Å². The van der Waals surface area contributed by atoms with E-state index in [2.05, 4.69) is 5.32 Å². The largest absolute Gasteiger partial charge is 0.313 e. The average Bonchev–Trinajstić information content (AvgIpc) is 2.76. The Morgan fingerprint density at radius 1 is 1.48 bits per heavy atom. The van der Waals surface area contributed by atoms with Crippen LogP contribution < -0.4 is 10.5 Å². The highest BCUT2D eigenvalue weighted by Crippen LogP contribution is 2.44. The zero-order valence-electron chi connectivity index (χ0n) is 11.9. The van der Waals surface area contributed by atoms with Crippen molar-refractivity contribution >= 4 is 43.6 Å². The summed E-state index contributed by atoms with van der Waals surface area (Å²) in [5.74, 6) is 0. The summed E-state index contributed by atoms with van der Waals surface area (Å²) >= 11 is 0.744. The van der Waals surface area contributed by atoms with E-state index < -0.39 is 24.6 Å². The van der Waals surface area contributed by atoms with Crippen LogP contribution in [0.25, 0.3) is 0 Å². The van der Waals surface area contributed by atoms with Crippen LogP contribution in [0, 0.1) is 0 Å². The molecule has 0 amide bonds. The quantitative estimate of drug-likeness (QED) is 0.814. The molecular formula is C11H19ClN2O4S3. The third-order valence-electron chi connectivity index (χ3n) is 3.37. The number of primary sulfonamides is 1. The minimum Gasteiger partial charge on any atom is -0.313 e. The van der Waals surface area contributed by atoms with E-state index in [4.69, 9.17) is 5.14 Å². The predicted molar refractivity (Wildman–Crippen MR) is 85.4 cm³/mol. The van der Waals surface area contributed by atoms with Crippen LogP contribution in [0.15, 0.2) is 14.5 Å². The summed E-state index contributed by atoms with van der Waals surface area (Å²) in [6.45, 7) is 5.90. The lowest BCUT2D eigenvalue weighted by Crippen LogP contribution is -2.45. The molecule has 2 heterocycles. The van der Waals surface area contributed by atoms with Crippen molar-refractivity contribution in [2.24, 2.45) is 5.14 Å². The Morgan fingerprint density at radius 2 is 2.05 bits per heavy atom. The van der Waals surface area contributed by atoms with E-state index in [9.17, 15) is 16.8 Å². The molecule has 1 aromatic rings. The Hall–Kier alpha value is -0.190. The Kier molecular flexibility index (Phi) is 5.19. The highest BCUT2D eigenvalue weighted by atomic mass is 35.5. The molecule has 0 radical (unpaired) electrons. The molecule has 1 aromatic heterocycles. The van der Waals surface area contributed by atoms with Crippen LogP contribution in [0.5, 0.6) is 0 Å². The number of nitrogens with two attached hydrogens (primary N) is 1. The lowest BCUT2D eigenvalue weighted by Gasteiger charge is -2.24. The van der Waals surface area contributed by atoms with E-state index in [0.29, 0.717) is 18.5 Å². The van der Waals surface area contributed by atoms with Crippen LogP contribution in [0.4, 0.5) is 0 Å². The molecule has 1 aliphatic rings. The molecule has 1 unspecified atom stereocenters. The summed E-state index contributed by atoms with van der Waals surface area (Å²) in [5, 5.41) is 8.18. The Morgan fingerprint density at radius 3 is 2.48 bits per heavy atom. The number of sulfonamides is 1. The zero-order valence-corrected chi connectivity index (χ0v) is 15.2. The molecule has 10 heteroatoms. The first-order chi connectivity index (χ1) is 8.97. The molecule has 0 aromatic carbocycles. The van der Waals surface area contributed by atoms with Gasteiger partial charge in [-0.1, -0.05) is 13.8 Å². The number of sulfone groups is 1. The smallest absolute Gasteiger partial charge is 0.247 e. The van der Waals surface area contributed by atoms with Gasteiger partial charge in [0.2, 0.25) is 10.0 Å². The van der Waals surface area contributed by atoms with Gasteiger partial charge in [0, 0.05) is 12.6 Å². The standard InChI is InChI=1S/C11H18N2O4S3.ClH/c1-7(2)13-6-11(3)5-8-4-9(20(12,16)17)18-10(8)19(11,14)15;/h4,7,13H,5-6H2,1-3H3,(H2,12,16,17);1H. The van der Waals surface area contributed by atoms with E-state index in [-0.39, 0.29) is 26.9 Å². The number of hydrogen-bond acceptors (Lipinski definition) is 6. The lowest BCUT2D eigenvalue weighted by molar-refractivity contribution is 0.481. The van der Waals surface area contributed by atoms with E-state index in [0.717, 1.165) is 11.3 Å². The summed E-state index contributed by atoms with van der Waals surface area (Å²) in [5.41, 5.74) is 0.548. The maximum atomic E-state index is 12.6. The van der Waals surface area contributed by atoms with Gasteiger partial charge in [-0.3, -0.25) is 0 Å². The topological polar surface area (TPSA) is 106 Å². The molecule has 2 rings (SSSR count). The van der Waals surface area contributed by atoms with Crippen molar-refractivity contribution in [3.8, 4) is 0 Å². The van der Waals surface area contributed by atoms with Crippen molar-refractivity contribution in [1.29, 1.82) is 0 Å². The fourth-order valence-corrected chi connectivity index (χ4v) is 6.86. The van der Waals surface area contributed by atoms with Gasteiger partial charge in [0.05, 0.1) is 4.75 Å². The summed E-state index contributed by atoms with van der Waals surface area (Å²) < 4.78 is 46.9. The van der Waals surface area contributed by atoms with E-state index in [1.165, 1.54) is 6.07 Å². The van der Waals surface area contributed by atoms with Gasteiger partial charge in [-0.2, -0.15) is 0 Å². The van der Waals surface area contributed by atoms with Crippen molar-refractivity contribution in [3.05, 3.63) is 11.6 Å². The molecule has 0 aliphatic carbocycles. The van der Waals surface area contributed by atoms with Crippen LogP contribution in [0.2, 0.25) is 0 Å². The van der Waals surface area contributed by atoms with Gasteiger partial charge in [-0.05, 0) is 25.0 Å². The van der Waals surface area contributed by atoms with Gasteiger partial charge < -0.3 is 5.32 Å². The number of fused-ring (bicyclic) bond motifs is 1. The maximum absolute atomic E-state index is 12.6. The van der Waals surface area contributed by atoms with Crippen LogP contribution in [0.3, 0.4) is 0 Å². The normalized spacial score (nSPS) is 23.9. The fourth-order valence-electron chi connectivity index (χ4n) is 2.18. The number of hydrogen-bond donors (Lipinski definition) is 2. The first-order valence-electron chi connectivity index (χ1n) is 6.11. The fraction of sp³-hybridized carbons (Fsp3) is 0.636. The molecule has 0 spiro atoms. The van der Waals surface area contributed by atoms with E-state index >= 15 is 0 Å². The molecule has 1 atom stereocenters. The van der Waals surface area contributed by atoms with Gasteiger partial charge in [-0.25, -0.2) is 22.0 Å². The van der Waals surface area contributed by atoms with Crippen LogP contribution in [0.1, 0.15) is 26.3 Å². The van der Waals surface area contributed by atoms with Crippen molar-refractivity contribution in [3.63, 3.8) is 0 Å². The van der Waals surface area contributed by atoms with Gasteiger partial charge in [0.25, 0.3) is 0 Å². The molecule has 0 bridgehead atoms. The molecular weight excluding hydrogens is 356 g/mol. The average molecular weight is 375 g/mol. The van der Waals surface area contributed by atoms with Crippen molar-refractivity contribution in [1.82, 2.24) is 5.32 Å². The molecule has 0 saturated carbocycles. The predicted octanol–water partition coefficient (Wildman–Crippen LogP) is 0.904. The molecule has 0 saturated heterocycles. The number of rotatable bonds is 4. The van der Waals surface area contributed by atoms with Crippen LogP contribution in [-0.2, 0) is 26.3 Å². The molecule has 6 nitrogen and oxygen atoms in total. The Labute approximate surface area is 135 Å². The molecule has 3 N–H and O–H groups in total. The minimum absolute atomic E-state index is 0. The van der Waals surface area contributed by atoms with Gasteiger partial charge in [-0.15, -0.1) is 23.7 Å². The SMILES string of the molecule is CC(C)NCC1(C)Cc2cc(S(N)(=O)=O)sc2S1(=O)=O.Cl. The highest BCUT2D eigenvalue weighted by Gasteiger charge is 2.49. The highest BCUT2D eigenvalue weighted by molar-refractivity contribution is 7.96. The van der Waals surface area contributed by atoms with Crippen LogP contribution in [-0.4, -0.2) is 34.2 Å². The van der Waals surface area contributed by atoms with Crippen LogP contribution >= 0.6 is 23.7 Å². The minimum atomic E-state index is -3.86. The Balaban J connectivity index is 0.00000220. The third kappa shape index (κ3) is 3.27. The first kappa shape index (κ1) is 18.9. The second kappa shape index (κ2) is 5.78. The van der Waals surface area contributed by atoms with Gasteiger partial charge in [0.1, 0.15) is 8.42 Å². The second-order valence-corrected chi connectivity index (χ2v) is 11.1. The molecule has 1 aliphatic heterocycles. The first-order valence-corrected chi connectivity index (χ1v) is 9.95. The number of thiophene rings is 1. The third-order valence-corrected chi connectivity index (χ3v) is 9.01.